The summed E-state index contributed by atoms with van der Waals surface area (Å²) >= 11 is 0.734. The lowest BCUT2D eigenvalue weighted by Gasteiger charge is -2.09. The molecule has 0 spiro atoms. The van der Waals surface area contributed by atoms with Gasteiger partial charge in [0.25, 0.3) is 5.91 Å². The molecular formula is C16H18F2N4O4S. The summed E-state index contributed by atoms with van der Waals surface area (Å²) in [5.74, 6) is -3.16. The molecule has 0 saturated heterocycles. The highest BCUT2D eigenvalue weighted by Gasteiger charge is 2.22. The number of primary amides is 1. The van der Waals surface area contributed by atoms with Crippen LogP contribution in [0.15, 0.2) is 12.1 Å². The Morgan fingerprint density at radius 2 is 2.07 bits per heavy atom. The molecule has 1 atom stereocenters. The maximum atomic E-state index is 13.9. The third-order valence-corrected chi connectivity index (χ3v) is 4.16. The maximum absolute atomic E-state index is 13.9. The molecule has 2 rings (SSSR count). The molecule has 27 heavy (non-hydrogen) atoms. The summed E-state index contributed by atoms with van der Waals surface area (Å²) in [5, 5.41) is 13.9. The molecule has 0 radical (unpaired) electrons. The van der Waals surface area contributed by atoms with Gasteiger partial charge in [0.2, 0.25) is 5.88 Å². The first-order chi connectivity index (χ1) is 12.7. The van der Waals surface area contributed by atoms with Crippen LogP contribution in [-0.4, -0.2) is 34.1 Å². The molecule has 0 saturated carbocycles. The number of nitrogens with zero attached hydrogens (tertiary/aromatic N) is 1. The number of urea groups is 1. The first-order valence-corrected chi connectivity index (χ1v) is 8.56. The molecule has 8 nitrogen and oxygen atoms in total. The van der Waals surface area contributed by atoms with Gasteiger partial charge in [-0.25, -0.2) is 13.6 Å². The van der Waals surface area contributed by atoms with Crippen LogP contribution in [0.4, 0.5) is 18.6 Å². The van der Waals surface area contributed by atoms with Gasteiger partial charge in [-0.3, -0.25) is 10.1 Å². The quantitative estimate of drug-likeness (QED) is 0.565. The number of nitrogens with two attached hydrogens (primary N) is 1. The molecule has 1 unspecified atom stereocenters. The zero-order chi connectivity index (χ0) is 20.1. The third-order valence-electron chi connectivity index (χ3n) is 3.41. The van der Waals surface area contributed by atoms with E-state index < -0.39 is 29.7 Å². The highest BCUT2D eigenvalue weighted by Crippen LogP contribution is 2.31. The van der Waals surface area contributed by atoms with Crippen LogP contribution in [0.25, 0.3) is 0 Å². The molecule has 5 N–H and O–H groups in total. The van der Waals surface area contributed by atoms with Crippen LogP contribution in [0.3, 0.4) is 0 Å². The predicted molar refractivity (Wildman–Crippen MR) is 94.8 cm³/mol. The smallest absolute Gasteiger partial charge is 0.320 e. The number of amides is 3. The number of halogens is 2. The first kappa shape index (κ1) is 20.5. The van der Waals surface area contributed by atoms with Gasteiger partial charge in [0.15, 0.2) is 11.6 Å². The van der Waals surface area contributed by atoms with E-state index in [1.54, 1.807) is 0 Å². The predicted octanol–water partition coefficient (Wildman–Crippen LogP) is 1.91. The van der Waals surface area contributed by atoms with E-state index in [4.69, 9.17) is 15.6 Å². The van der Waals surface area contributed by atoms with E-state index in [1.807, 2.05) is 0 Å². The number of benzene rings is 1. The van der Waals surface area contributed by atoms with Gasteiger partial charge < -0.3 is 20.9 Å². The fraction of sp³-hybridized carbons (Fsp3) is 0.312. The number of nitrogens with one attached hydrogen (secondary N) is 2. The summed E-state index contributed by atoms with van der Waals surface area (Å²) in [6, 6.07) is 2.07. The van der Waals surface area contributed by atoms with Crippen LogP contribution >= 0.6 is 11.5 Å². The first-order valence-electron chi connectivity index (χ1n) is 7.79. The average Bonchev–Trinajstić information content (AvgIpc) is 3.00. The van der Waals surface area contributed by atoms with Crippen molar-refractivity contribution in [3.05, 3.63) is 40.5 Å². The number of hydrogen-bond acceptors (Lipinski definition) is 6. The van der Waals surface area contributed by atoms with Gasteiger partial charge in [0, 0.05) is 12.1 Å². The van der Waals surface area contributed by atoms with Crippen LogP contribution < -0.4 is 21.1 Å². The topological polar surface area (TPSA) is 127 Å². The number of carbonyl (C=O) groups excluding carboxylic acids is 2. The lowest BCUT2D eigenvalue weighted by molar-refractivity contribution is 0.0996. The number of aliphatic hydroxyl groups is 1. The monoisotopic (exact) mass is 400 g/mol. The summed E-state index contributed by atoms with van der Waals surface area (Å²) in [6.45, 7) is 2.52. The zero-order valence-electron chi connectivity index (χ0n) is 14.5. The van der Waals surface area contributed by atoms with Gasteiger partial charge in [-0.15, -0.1) is 0 Å². The number of hydrogen-bond donors (Lipinski definition) is 4. The van der Waals surface area contributed by atoms with Crippen LogP contribution in [0.5, 0.6) is 5.88 Å². The van der Waals surface area contributed by atoms with Crippen molar-refractivity contribution in [2.45, 2.75) is 26.6 Å². The van der Waals surface area contributed by atoms with Crippen molar-refractivity contribution in [2.75, 3.05) is 11.9 Å². The lowest BCUT2D eigenvalue weighted by Crippen LogP contribution is -2.34. The molecule has 1 aromatic heterocycles. The maximum Gasteiger partial charge on any atom is 0.320 e. The fourth-order valence-electron chi connectivity index (χ4n) is 2.01. The SMILES string of the molecule is Cc1ccc(COc2nsc(NC(=O)NCC(C)O)c2C(N)=O)c(F)c1F. The third kappa shape index (κ3) is 5.11. The molecule has 3 amide bonds. The van der Waals surface area contributed by atoms with E-state index in [2.05, 4.69) is 15.0 Å². The highest BCUT2D eigenvalue weighted by atomic mass is 32.1. The Bertz CT molecular complexity index is 857. The van der Waals surface area contributed by atoms with E-state index in [0.717, 1.165) is 11.5 Å². The Hall–Kier alpha value is -2.79. The number of rotatable bonds is 7. The molecule has 1 heterocycles. The largest absolute Gasteiger partial charge is 0.471 e. The minimum Gasteiger partial charge on any atom is -0.471 e. The van der Waals surface area contributed by atoms with Crippen LogP contribution in [0, 0.1) is 18.6 Å². The molecule has 0 fully saturated rings. The Kier molecular flexibility index (Phi) is 6.64. The van der Waals surface area contributed by atoms with E-state index in [9.17, 15) is 18.4 Å². The lowest BCUT2D eigenvalue weighted by atomic mass is 10.1. The zero-order valence-corrected chi connectivity index (χ0v) is 15.3. The molecule has 1 aromatic carbocycles. The summed E-state index contributed by atoms with van der Waals surface area (Å²) in [7, 11) is 0. The van der Waals surface area contributed by atoms with Gasteiger partial charge in [-0.1, -0.05) is 12.1 Å². The molecule has 0 aliphatic heterocycles. The number of aliphatic hydroxyl groups excluding tert-OH is 1. The normalized spacial score (nSPS) is 11.7. The van der Waals surface area contributed by atoms with Gasteiger partial charge in [-0.05, 0) is 30.9 Å². The minimum atomic E-state index is -1.05. The molecule has 11 heteroatoms. The second kappa shape index (κ2) is 8.73. The van der Waals surface area contributed by atoms with E-state index in [-0.39, 0.29) is 40.7 Å². The fourth-order valence-corrected chi connectivity index (χ4v) is 2.74. The second-order valence-corrected chi connectivity index (χ2v) is 6.47. The molecular weight excluding hydrogens is 382 g/mol. The van der Waals surface area contributed by atoms with Crippen molar-refractivity contribution in [1.82, 2.24) is 9.69 Å². The van der Waals surface area contributed by atoms with Crippen molar-refractivity contribution in [3.8, 4) is 5.88 Å². The van der Waals surface area contributed by atoms with Gasteiger partial charge in [-0.2, -0.15) is 4.37 Å². The number of ether oxygens (including phenoxy) is 1. The van der Waals surface area contributed by atoms with Gasteiger partial charge >= 0.3 is 6.03 Å². The van der Waals surface area contributed by atoms with E-state index in [0.29, 0.717) is 0 Å². The van der Waals surface area contributed by atoms with Crippen LogP contribution in [-0.2, 0) is 6.61 Å². The Morgan fingerprint density at radius 1 is 1.37 bits per heavy atom. The van der Waals surface area contributed by atoms with Gasteiger partial charge in [0.1, 0.15) is 17.2 Å². The van der Waals surface area contributed by atoms with Crippen molar-refractivity contribution < 1.29 is 28.2 Å². The Morgan fingerprint density at radius 3 is 2.70 bits per heavy atom. The van der Waals surface area contributed by atoms with Crippen molar-refractivity contribution in [3.63, 3.8) is 0 Å². The Balaban J connectivity index is 2.14. The highest BCUT2D eigenvalue weighted by molar-refractivity contribution is 7.11. The minimum absolute atomic E-state index is 0.00182. The molecule has 0 bridgehead atoms. The summed E-state index contributed by atoms with van der Waals surface area (Å²) < 4.78 is 36.7. The van der Waals surface area contributed by atoms with Crippen molar-refractivity contribution in [1.29, 1.82) is 0 Å². The van der Waals surface area contributed by atoms with Crippen LogP contribution in [0.1, 0.15) is 28.4 Å². The molecule has 146 valence electrons. The molecule has 0 aliphatic carbocycles. The van der Waals surface area contributed by atoms with Gasteiger partial charge in [0.05, 0.1) is 6.10 Å². The Labute approximate surface area is 157 Å². The number of aryl methyl sites for hydroxylation is 1. The molecule has 2 aromatic rings. The van der Waals surface area contributed by atoms with E-state index in [1.165, 1.54) is 26.0 Å². The second-order valence-electron chi connectivity index (χ2n) is 5.70. The summed E-state index contributed by atoms with van der Waals surface area (Å²) in [4.78, 5) is 23.4. The number of aromatic nitrogens is 1. The van der Waals surface area contributed by atoms with Crippen LogP contribution in [0.2, 0.25) is 0 Å². The van der Waals surface area contributed by atoms with Crippen molar-refractivity contribution >= 4 is 28.5 Å². The average molecular weight is 400 g/mol. The summed E-state index contributed by atoms with van der Waals surface area (Å²) in [6.07, 6.45) is -0.753. The standard InChI is InChI=1S/C16H18F2N4O4S/c1-7-3-4-9(12(18)11(7)17)6-26-14-10(13(19)24)15(27-22-14)21-16(25)20-5-8(2)23/h3-4,8,23H,5-6H2,1-2H3,(H2,19,24)(H2,20,21,25). The summed E-state index contributed by atoms with van der Waals surface area (Å²) in [5.41, 5.74) is 5.19. The van der Waals surface area contributed by atoms with Crippen molar-refractivity contribution in [2.24, 2.45) is 5.73 Å². The number of anilines is 1. The van der Waals surface area contributed by atoms with E-state index >= 15 is 0 Å². The number of carbonyl (C=O) groups is 2. The molecule has 0 aliphatic rings.